The van der Waals surface area contributed by atoms with Gasteiger partial charge < -0.3 is 4.42 Å². The topological polar surface area (TPSA) is 58.7 Å². The molecule has 3 aromatic carbocycles. The Labute approximate surface area is 232 Å². The molecule has 2 atom stereocenters. The molecule has 8 heteroatoms. The molecule has 1 saturated carbocycles. The number of hydrazone groups is 1. The van der Waals surface area contributed by atoms with Crippen LogP contribution >= 0.6 is 11.3 Å². The average Bonchev–Trinajstić information content (AvgIpc) is 3.60. The van der Waals surface area contributed by atoms with Crippen LogP contribution in [0.5, 0.6) is 0 Å². The molecule has 1 aliphatic heterocycles. The van der Waals surface area contributed by atoms with Gasteiger partial charge in [0.25, 0.3) is 0 Å². The minimum absolute atomic E-state index is 0.0731. The largest absolute Gasteiger partial charge is 0.422 e. The Kier molecular flexibility index (Phi) is 6.12. The van der Waals surface area contributed by atoms with Gasteiger partial charge in [-0.1, -0.05) is 42.5 Å². The van der Waals surface area contributed by atoms with Crippen molar-refractivity contribution in [1.29, 1.82) is 0 Å². The summed E-state index contributed by atoms with van der Waals surface area (Å²) in [6.45, 7) is 0. The molecule has 3 heterocycles. The third-order valence-electron chi connectivity index (χ3n) is 7.53. The van der Waals surface area contributed by atoms with Crippen molar-refractivity contribution >= 4 is 39.2 Å². The second-order valence-corrected chi connectivity index (χ2v) is 10.9. The SMILES string of the molecule is O=c1oc2ccccc2cc1-c1csc(N2N=C3/C(=C\c4ccc(F)cc4)CCC[C@H]3[C@@H]2c2ccc(F)cc2)n1. The second-order valence-electron chi connectivity index (χ2n) is 10.0. The monoisotopic (exact) mass is 551 g/mol. The smallest absolute Gasteiger partial charge is 0.345 e. The summed E-state index contributed by atoms with van der Waals surface area (Å²) < 4.78 is 32.9. The number of rotatable bonds is 4. The van der Waals surface area contributed by atoms with Crippen molar-refractivity contribution in [2.45, 2.75) is 25.3 Å². The van der Waals surface area contributed by atoms with Crippen LogP contribution in [-0.4, -0.2) is 10.7 Å². The molecule has 5 nitrogen and oxygen atoms in total. The number of allylic oxidation sites excluding steroid dienone is 1. The molecule has 7 rings (SSSR count). The van der Waals surface area contributed by atoms with Crippen LogP contribution in [0.15, 0.2) is 104 Å². The van der Waals surface area contributed by atoms with Crippen LogP contribution in [0.3, 0.4) is 0 Å². The average molecular weight is 552 g/mol. The summed E-state index contributed by atoms with van der Waals surface area (Å²) in [6.07, 6.45) is 4.83. The van der Waals surface area contributed by atoms with Gasteiger partial charge in [-0.3, -0.25) is 0 Å². The van der Waals surface area contributed by atoms with Crippen molar-refractivity contribution in [3.63, 3.8) is 0 Å². The highest BCUT2D eigenvalue weighted by molar-refractivity contribution is 7.14. The van der Waals surface area contributed by atoms with E-state index in [0.717, 1.165) is 47.1 Å². The van der Waals surface area contributed by atoms with Gasteiger partial charge in [-0.05, 0) is 78.4 Å². The van der Waals surface area contributed by atoms with Gasteiger partial charge in [-0.2, -0.15) is 5.10 Å². The van der Waals surface area contributed by atoms with Gasteiger partial charge in [0.15, 0.2) is 0 Å². The van der Waals surface area contributed by atoms with Gasteiger partial charge in [0.1, 0.15) is 17.2 Å². The Morgan fingerprint density at radius 1 is 0.975 bits per heavy atom. The van der Waals surface area contributed by atoms with Crippen molar-refractivity contribution < 1.29 is 13.2 Å². The van der Waals surface area contributed by atoms with E-state index >= 15 is 0 Å². The molecule has 1 fully saturated rings. The molecular weight excluding hydrogens is 528 g/mol. The van der Waals surface area contributed by atoms with Crippen LogP contribution in [0.25, 0.3) is 28.3 Å². The first-order valence-electron chi connectivity index (χ1n) is 13.1. The van der Waals surface area contributed by atoms with E-state index in [2.05, 4.69) is 6.08 Å². The minimum atomic E-state index is -0.448. The molecule has 0 N–H and O–H groups in total. The number of thiazole rings is 1. The van der Waals surface area contributed by atoms with Gasteiger partial charge in [-0.25, -0.2) is 23.6 Å². The molecule has 40 heavy (non-hydrogen) atoms. The maximum absolute atomic E-state index is 13.9. The lowest BCUT2D eigenvalue weighted by Crippen LogP contribution is -2.28. The summed E-state index contributed by atoms with van der Waals surface area (Å²) in [6, 6.07) is 22.0. The van der Waals surface area contributed by atoms with Gasteiger partial charge in [-0.15, -0.1) is 11.3 Å². The molecule has 2 aromatic heterocycles. The van der Waals surface area contributed by atoms with Crippen molar-refractivity contribution in [2.24, 2.45) is 11.0 Å². The Hall–Kier alpha value is -4.43. The van der Waals surface area contributed by atoms with E-state index in [1.54, 1.807) is 36.4 Å². The summed E-state index contributed by atoms with van der Waals surface area (Å²) in [5, 5.41) is 10.3. The summed E-state index contributed by atoms with van der Waals surface area (Å²) in [5.41, 5.74) is 4.91. The van der Waals surface area contributed by atoms with Crippen LogP contribution in [0.2, 0.25) is 0 Å². The zero-order valence-electron chi connectivity index (χ0n) is 21.3. The summed E-state index contributed by atoms with van der Waals surface area (Å²) in [4.78, 5) is 17.7. The lowest BCUT2D eigenvalue weighted by atomic mass is 9.77. The molecule has 0 amide bonds. The van der Waals surface area contributed by atoms with Gasteiger partial charge in [0, 0.05) is 16.7 Å². The van der Waals surface area contributed by atoms with Gasteiger partial charge in [0.2, 0.25) is 5.13 Å². The number of hydrogen-bond donors (Lipinski definition) is 0. The fourth-order valence-corrected chi connectivity index (χ4v) is 6.46. The molecule has 0 bridgehead atoms. The Bertz CT molecular complexity index is 1840. The van der Waals surface area contributed by atoms with Crippen LogP contribution < -0.4 is 10.6 Å². The van der Waals surface area contributed by atoms with Gasteiger partial charge in [0.05, 0.1) is 23.0 Å². The first-order chi connectivity index (χ1) is 19.5. The lowest BCUT2D eigenvalue weighted by Gasteiger charge is -2.29. The van der Waals surface area contributed by atoms with Crippen molar-refractivity contribution in [2.75, 3.05) is 5.01 Å². The van der Waals surface area contributed by atoms with Crippen molar-refractivity contribution in [3.8, 4) is 11.3 Å². The highest BCUT2D eigenvalue weighted by Gasteiger charge is 2.43. The number of benzene rings is 3. The van der Waals surface area contributed by atoms with Crippen LogP contribution in [0.4, 0.5) is 13.9 Å². The molecular formula is C32H23F2N3O2S. The number of anilines is 1. The number of hydrogen-bond acceptors (Lipinski definition) is 6. The molecule has 0 spiro atoms. The molecule has 0 saturated heterocycles. The zero-order chi connectivity index (χ0) is 27.2. The van der Waals surface area contributed by atoms with E-state index in [-0.39, 0.29) is 23.6 Å². The third-order valence-corrected chi connectivity index (χ3v) is 8.36. The fourth-order valence-electron chi connectivity index (χ4n) is 5.65. The van der Waals surface area contributed by atoms with E-state index in [4.69, 9.17) is 14.5 Å². The number of aromatic nitrogens is 1. The zero-order valence-corrected chi connectivity index (χ0v) is 22.1. The second kappa shape index (κ2) is 9.95. The lowest BCUT2D eigenvalue weighted by molar-refractivity contribution is 0.486. The molecule has 0 unspecified atom stereocenters. The predicted octanol–water partition coefficient (Wildman–Crippen LogP) is 8.00. The van der Waals surface area contributed by atoms with E-state index in [0.29, 0.717) is 22.0 Å². The summed E-state index contributed by atoms with van der Waals surface area (Å²) in [7, 11) is 0. The molecule has 2 aliphatic rings. The van der Waals surface area contributed by atoms with Crippen LogP contribution in [-0.2, 0) is 0 Å². The van der Waals surface area contributed by atoms with E-state index in [1.807, 2.05) is 28.6 Å². The summed E-state index contributed by atoms with van der Waals surface area (Å²) >= 11 is 1.40. The Balaban J connectivity index is 1.31. The minimum Gasteiger partial charge on any atom is -0.422 e. The first kappa shape index (κ1) is 24.6. The van der Waals surface area contributed by atoms with Crippen molar-refractivity contribution in [3.05, 3.63) is 123 Å². The first-order valence-corrected chi connectivity index (χ1v) is 14.0. The highest BCUT2D eigenvalue weighted by Crippen LogP contribution is 2.47. The number of para-hydroxylation sites is 1. The normalized spacial score (nSPS) is 19.7. The molecule has 198 valence electrons. The predicted molar refractivity (Wildman–Crippen MR) is 154 cm³/mol. The maximum Gasteiger partial charge on any atom is 0.345 e. The van der Waals surface area contributed by atoms with E-state index < -0.39 is 5.63 Å². The van der Waals surface area contributed by atoms with Crippen LogP contribution in [0.1, 0.15) is 36.4 Å². The highest BCUT2D eigenvalue weighted by atomic mass is 32.1. The van der Waals surface area contributed by atoms with Crippen molar-refractivity contribution in [1.82, 2.24) is 4.98 Å². The quantitative estimate of drug-likeness (QED) is 0.212. The molecule has 0 radical (unpaired) electrons. The fraction of sp³-hybridized carbons (Fsp3) is 0.156. The number of fused-ring (bicyclic) bond motifs is 2. The third kappa shape index (κ3) is 4.44. The van der Waals surface area contributed by atoms with Crippen LogP contribution in [0, 0.1) is 17.6 Å². The number of halogens is 2. The van der Waals surface area contributed by atoms with Gasteiger partial charge >= 0.3 is 5.63 Å². The molecule has 5 aromatic rings. The Morgan fingerprint density at radius 2 is 1.73 bits per heavy atom. The standard InChI is InChI=1S/C32H23F2N3O2S/c33-23-12-8-19(9-13-23)16-22-5-3-6-25-29(22)36-37(30(25)20-10-14-24(34)15-11-20)32-35-27(18-40-32)26-17-21-4-1-2-7-28(21)39-31(26)38/h1-2,4,7-18,25,30H,3,5-6H2/b22-16-/t25-,30+/m1/s1. The Morgan fingerprint density at radius 3 is 2.52 bits per heavy atom. The molecule has 1 aliphatic carbocycles. The van der Waals surface area contributed by atoms with E-state index in [9.17, 15) is 13.6 Å². The maximum atomic E-state index is 13.9. The van der Waals surface area contributed by atoms with E-state index in [1.165, 1.54) is 35.6 Å². The number of nitrogens with zero attached hydrogens (tertiary/aromatic N) is 3. The summed E-state index contributed by atoms with van der Waals surface area (Å²) in [5.74, 6) is -0.497.